The van der Waals surface area contributed by atoms with Gasteiger partial charge in [0.2, 0.25) is 5.95 Å². The number of benzene rings is 1. The summed E-state index contributed by atoms with van der Waals surface area (Å²) in [6.45, 7) is 3.30. The number of hydrogen-bond acceptors (Lipinski definition) is 5. The van der Waals surface area contributed by atoms with Crippen LogP contribution < -0.4 is 4.90 Å². The van der Waals surface area contributed by atoms with Gasteiger partial charge in [-0.2, -0.15) is 0 Å². The Bertz CT molecular complexity index is 671. The van der Waals surface area contributed by atoms with Crippen molar-refractivity contribution in [2.45, 2.75) is 35.6 Å². The molecule has 1 aliphatic heterocycles. The Kier molecular flexibility index (Phi) is 4.48. The van der Waals surface area contributed by atoms with Crippen LogP contribution in [0.15, 0.2) is 40.3 Å². The van der Waals surface area contributed by atoms with Gasteiger partial charge in [0.05, 0.1) is 18.9 Å². The number of rotatable bonds is 3. The maximum atomic E-state index is 5.46. The summed E-state index contributed by atoms with van der Waals surface area (Å²) in [6, 6.07) is 10.5. The highest BCUT2D eigenvalue weighted by Gasteiger charge is 2.22. The van der Waals surface area contributed by atoms with E-state index >= 15 is 0 Å². The Morgan fingerprint density at radius 1 is 0.957 bits per heavy atom. The van der Waals surface area contributed by atoms with E-state index in [1.54, 1.807) is 11.8 Å². The predicted molar refractivity (Wildman–Crippen MR) is 92.3 cm³/mol. The van der Waals surface area contributed by atoms with Gasteiger partial charge in [-0.05, 0) is 37.8 Å². The highest BCUT2D eigenvalue weighted by atomic mass is 32.2. The van der Waals surface area contributed by atoms with Crippen LogP contribution in [0.1, 0.15) is 24.1 Å². The standard InChI is InChI=1S/C18H21N3OS/c1-2-6-14(7-3-1)23-17-15-8-4-5-9-16(15)19-18(20-17)21-10-12-22-13-11-21/h1-3,6-7H,4-5,8-13H2. The molecule has 120 valence electrons. The Balaban J connectivity index is 1.70. The maximum Gasteiger partial charge on any atom is 0.226 e. The number of fused-ring (bicyclic) bond motifs is 1. The first kappa shape index (κ1) is 15.0. The lowest BCUT2D eigenvalue weighted by atomic mass is 9.97. The van der Waals surface area contributed by atoms with Crippen LogP contribution in [-0.4, -0.2) is 36.3 Å². The molecular weight excluding hydrogens is 306 g/mol. The number of hydrogen-bond donors (Lipinski definition) is 0. The average molecular weight is 327 g/mol. The van der Waals surface area contributed by atoms with E-state index in [0.29, 0.717) is 0 Å². The second-order valence-corrected chi connectivity index (χ2v) is 7.04. The predicted octanol–water partition coefficient (Wildman–Crippen LogP) is 3.34. The SMILES string of the molecule is c1ccc(Sc2nc(N3CCOCC3)nc3c2CCCC3)cc1. The van der Waals surface area contributed by atoms with E-state index in [0.717, 1.165) is 50.1 Å². The van der Waals surface area contributed by atoms with Gasteiger partial charge in [-0.3, -0.25) is 0 Å². The Morgan fingerprint density at radius 2 is 1.74 bits per heavy atom. The summed E-state index contributed by atoms with van der Waals surface area (Å²) >= 11 is 1.77. The van der Waals surface area contributed by atoms with Gasteiger partial charge in [-0.15, -0.1) is 0 Å². The van der Waals surface area contributed by atoms with Gasteiger partial charge in [0, 0.05) is 23.5 Å². The molecular formula is C18H21N3OS. The first-order valence-corrected chi connectivity index (χ1v) is 9.17. The van der Waals surface area contributed by atoms with Gasteiger partial charge < -0.3 is 9.64 Å². The second-order valence-electron chi connectivity index (χ2n) is 5.98. The molecule has 0 radical (unpaired) electrons. The molecule has 1 aromatic heterocycles. The number of morpholine rings is 1. The molecule has 5 heteroatoms. The number of anilines is 1. The third-order valence-corrected chi connectivity index (χ3v) is 5.42. The lowest BCUT2D eigenvalue weighted by molar-refractivity contribution is 0.122. The van der Waals surface area contributed by atoms with Crippen molar-refractivity contribution < 1.29 is 4.74 Å². The third-order valence-electron chi connectivity index (χ3n) is 4.39. The monoisotopic (exact) mass is 327 g/mol. The number of ether oxygens (including phenoxy) is 1. The molecule has 0 amide bonds. The molecule has 0 bridgehead atoms. The zero-order chi connectivity index (χ0) is 15.5. The normalized spacial score (nSPS) is 17.8. The lowest BCUT2D eigenvalue weighted by Crippen LogP contribution is -2.37. The Hall–Kier alpha value is -1.59. The highest BCUT2D eigenvalue weighted by molar-refractivity contribution is 7.99. The number of aromatic nitrogens is 2. The molecule has 2 aromatic rings. The third kappa shape index (κ3) is 3.35. The van der Waals surface area contributed by atoms with Crippen LogP contribution >= 0.6 is 11.8 Å². The van der Waals surface area contributed by atoms with Crippen molar-refractivity contribution in [3.05, 3.63) is 41.6 Å². The Morgan fingerprint density at radius 3 is 2.57 bits per heavy atom. The molecule has 1 aromatic carbocycles. The summed E-state index contributed by atoms with van der Waals surface area (Å²) < 4.78 is 5.46. The van der Waals surface area contributed by atoms with Crippen molar-refractivity contribution in [2.75, 3.05) is 31.2 Å². The van der Waals surface area contributed by atoms with Crippen LogP contribution in [0.5, 0.6) is 0 Å². The first-order valence-electron chi connectivity index (χ1n) is 8.35. The summed E-state index contributed by atoms with van der Waals surface area (Å²) in [6.07, 6.45) is 4.67. The van der Waals surface area contributed by atoms with Crippen molar-refractivity contribution in [3.8, 4) is 0 Å². The summed E-state index contributed by atoms with van der Waals surface area (Å²) in [5.74, 6) is 0.882. The number of nitrogens with zero attached hydrogens (tertiary/aromatic N) is 3. The molecule has 0 atom stereocenters. The first-order chi connectivity index (χ1) is 11.4. The minimum atomic E-state index is 0.765. The molecule has 4 nitrogen and oxygen atoms in total. The molecule has 2 aliphatic rings. The largest absolute Gasteiger partial charge is 0.378 e. The van der Waals surface area contributed by atoms with Crippen LogP contribution in [0.4, 0.5) is 5.95 Å². The summed E-state index contributed by atoms with van der Waals surface area (Å²) in [5, 5.41) is 1.14. The minimum Gasteiger partial charge on any atom is -0.378 e. The van der Waals surface area contributed by atoms with Crippen molar-refractivity contribution >= 4 is 17.7 Å². The van der Waals surface area contributed by atoms with Crippen molar-refractivity contribution in [1.82, 2.24) is 9.97 Å². The molecule has 0 saturated carbocycles. The zero-order valence-corrected chi connectivity index (χ0v) is 14.0. The number of aryl methyl sites for hydroxylation is 1. The van der Waals surface area contributed by atoms with E-state index in [1.807, 2.05) is 0 Å². The summed E-state index contributed by atoms with van der Waals surface area (Å²) in [4.78, 5) is 13.3. The minimum absolute atomic E-state index is 0.765. The quantitative estimate of drug-likeness (QED) is 0.808. The fourth-order valence-electron chi connectivity index (χ4n) is 3.14. The molecule has 23 heavy (non-hydrogen) atoms. The Labute approximate surface area is 141 Å². The maximum absolute atomic E-state index is 5.46. The van der Waals surface area contributed by atoms with E-state index in [4.69, 9.17) is 14.7 Å². The van der Waals surface area contributed by atoms with Crippen molar-refractivity contribution in [1.29, 1.82) is 0 Å². The zero-order valence-electron chi connectivity index (χ0n) is 13.2. The molecule has 1 aliphatic carbocycles. The van der Waals surface area contributed by atoms with Gasteiger partial charge in [0.25, 0.3) is 0 Å². The molecule has 0 unspecified atom stereocenters. The molecule has 0 N–H and O–H groups in total. The van der Waals surface area contributed by atoms with Crippen LogP contribution in [0.3, 0.4) is 0 Å². The molecule has 1 saturated heterocycles. The molecule has 1 fully saturated rings. The van der Waals surface area contributed by atoms with Gasteiger partial charge in [0.1, 0.15) is 5.03 Å². The smallest absolute Gasteiger partial charge is 0.226 e. The molecule has 0 spiro atoms. The highest BCUT2D eigenvalue weighted by Crippen LogP contribution is 2.34. The van der Waals surface area contributed by atoms with E-state index in [1.165, 1.54) is 29.0 Å². The van der Waals surface area contributed by atoms with E-state index in [-0.39, 0.29) is 0 Å². The van der Waals surface area contributed by atoms with E-state index < -0.39 is 0 Å². The van der Waals surface area contributed by atoms with Crippen LogP contribution in [0.25, 0.3) is 0 Å². The summed E-state index contributed by atoms with van der Waals surface area (Å²) in [7, 11) is 0. The summed E-state index contributed by atoms with van der Waals surface area (Å²) in [5.41, 5.74) is 2.62. The van der Waals surface area contributed by atoms with Crippen LogP contribution in [-0.2, 0) is 17.6 Å². The van der Waals surface area contributed by atoms with E-state index in [9.17, 15) is 0 Å². The fraction of sp³-hybridized carbons (Fsp3) is 0.444. The lowest BCUT2D eigenvalue weighted by Gasteiger charge is -2.28. The van der Waals surface area contributed by atoms with Gasteiger partial charge in [-0.25, -0.2) is 9.97 Å². The molecule has 2 heterocycles. The van der Waals surface area contributed by atoms with Gasteiger partial charge in [-0.1, -0.05) is 30.0 Å². The molecule has 4 rings (SSSR count). The van der Waals surface area contributed by atoms with Crippen molar-refractivity contribution in [2.24, 2.45) is 0 Å². The second kappa shape index (κ2) is 6.89. The van der Waals surface area contributed by atoms with Crippen LogP contribution in [0, 0.1) is 0 Å². The van der Waals surface area contributed by atoms with Gasteiger partial charge in [0.15, 0.2) is 0 Å². The van der Waals surface area contributed by atoms with Crippen LogP contribution in [0.2, 0.25) is 0 Å². The fourth-order valence-corrected chi connectivity index (χ4v) is 4.12. The van der Waals surface area contributed by atoms with Gasteiger partial charge >= 0.3 is 0 Å². The van der Waals surface area contributed by atoms with Crippen molar-refractivity contribution in [3.63, 3.8) is 0 Å². The average Bonchev–Trinajstić information content (AvgIpc) is 2.63. The van der Waals surface area contributed by atoms with E-state index in [2.05, 4.69) is 35.2 Å². The topological polar surface area (TPSA) is 38.2 Å².